The highest BCUT2D eigenvalue weighted by atomic mass is 16.5. The van der Waals surface area contributed by atoms with Gasteiger partial charge in [-0.3, -0.25) is 0 Å². The van der Waals surface area contributed by atoms with E-state index in [1.54, 1.807) is 0 Å². The molecule has 0 bridgehead atoms. The van der Waals surface area contributed by atoms with Crippen molar-refractivity contribution in [2.24, 2.45) is 0 Å². The number of benzene rings is 1. The van der Waals surface area contributed by atoms with Crippen LogP contribution in [0.5, 0.6) is 0 Å². The summed E-state index contributed by atoms with van der Waals surface area (Å²) in [5.41, 5.74) is 1.76. The Bertz CT molecular complexity index is 453. The third-order valence-corrected chi connectivity index (χ3v) is 2.50. The molecule has 1 atom stereocenters. The highest BCUT2D eigenvalue weighted by molar-refractivity contribution is 5.17. The monoisotopic (exact) mass is 232 g/mol. The lowest BCUT2D eigenvalue weighted by Crippen LogP contribution is -2.21. The molecule has 0 radical (unpaired) electrons. The average Bonchev–Trinajstić information content (AvgIpc) is 2.76. The number of hydrogen-bond acceptors (Lipinski definition) is 4. The van der Waals surface area contributed by atoms with Crippen molar-refractivity contribution in [3.05, 3.63) is 53.4 Å². The molecular weight excluding hydrogens is 216 g/mol. The third-order valence-electron chi connectivity index (χ3n) is 2.50. The van der Waals surface area contributed by atoms with Gasteiger partial charge in [-0.1, -0.05) is 35.5 Å². The van der Waals surface area contributed by atoms with E-state index in [0.717, 1.165) is 17.0 Å². The summed E-state index contributed by atoms with van der Waals surface area (Å²) >= 11 is 0. The summed E-state index contributed by atoms with van der Waals surface area (Å²) in [5.74, 6) is 0.797. The van der Waals surface area contributed by atoms with Crippen molar-refractivity contribution < 1.29 is 9.63 Å². The second-order valence-electron chi connectivity index (χ2n) is 3.99. The van der Waals surface area contributed by atoms with Gasteiger partial charge in [0.25, 0.3) is 0 Å². The fourth-order valence-corrected chi connectivity index (χ4v) is 1.63. The van der Waals surface area contributed by atoms with Crippen LogP contribution in [0.2, 0.25) is 0 Å². The molecule has 0 amide bonds. The van der Waals surface area contributed by atoms with E-state index < -0.39 is 6.10 Å². The van der Waals surface area contributed by atoms with Gasteiger partial charge >= 0.3 is 0 Å². The molecule has 0 aliphatic heterocycles. The van der Waals surface area contributed by atoms with Crippen LogP contribution in [0.4, 0.5) is 0 Å². The van der Waals surface area contributed by atoms with E-state index in [-0.39, 0.29) is 0 Å². The minimum atomic E-state index is -0.496. The minimum Gasteiger partial charge on any atom is -0.387 e. The van der Waals surface area contributed by atoms with Crippen molar-refractivity contribution in [2.75, 3.05) is 6.54 Å². The van der Waals surface area contributed by atoms with E-state index in [1.165, 1.54) is 0 Å². The highest BCUT2D eigenvalue weighted by Crippen LogP contribution is 2.10. The zero-order valence-electron chi connectivity index (χ0n) is 9.76. The van der Waals surface area contributed by atoms with Crippen LogP contribution in [0, 0.1) is 6.92 Å². The first-order valence-corrected chi connectivity index (χ1v) is 5.61. The number of aryl methyl sites for hydroxylation is 1. The topological polar surface area (TPSA) is 58.3 Å². The molecule has 0 aliphatic rings. The molecule has 2 aromatic rings. The van der Waals surface area contributed by atoms with Crippen LogP contribution in [-0.2, 0) is 6.54 Å². The molecule has 0 aliphatic carbocycles. The Morgan fingerprint density at radius 1 is 1.35 bits per heavy atom. The van der Waals surface area contributed by atoms with E-state index in [4.69, 9.17) is 4.52 Å². The van der Waals surface area contributed by atoms with Gasteiger partial charge in [-0.05, 0) is 12.5 Å². The van der Waals surface area contributed by atoms with Gasteiger partial charge < -0.3 is 14.9 Å². The van der Waals surface area contributed by atoms with E-state index in [1.807, 2.05) is 43.3 Å². The molecule has 0 fully saturated rings. The third kappa shape index (κ3) is 3.41. The Kier molecular flexibility index (Phi) is 3.90. The Hall–Kier alpha value is -1.65. The van der Waals surface area contributed by atoms with Crippen LogP contribution in [0.25, 0.3) is 0 Å². The smallest absolute Gasteiger partial charge is 0.133 e. The molecule has 2 N–H and O–H groups in total. The molecule has 1 aromatic carbocycles. The van der Waals surface area contributed by atoms with Crippen LogP contribution < -0.4 is 5.32 Å². The number of nitrogens with zero attached hydrogens (tertiary/aromatic N) is 1. The standard InChI is InChI=1S/C13H16N2O2/c1-10-7-12(15-17-10)8-14-9-13(16)11-5-3-2-4-6-11/h2-7,13-14,16H,8-9H2,1H3. The van der Waals surface area contributed by atoms with Crippen LogP contribution >= 0.6 is 0 Å². The second kappa shape index (κ2) is 5.61. The van der Waals surface area contributed by atoms with Crippen LogP contribution in [0.3, 0.4) is 0 Å². The summed E-state index contributed by atoms with van der Waals surface area (Å²) < 4.78 is 4.95. The molecule has 0 saturated carbocycles. The molecule has 1 heterocycles. The van der Waals surface area contributed by atoms with Crippen molar-refractivity contribution >= 4 is 0 Å². The Morgan fingerprint density at radius 2 is 2.12 bits per heavy atom. The zero-order valence-corrected chi connectivity index (χ0v) is 9.76. The number of aliphatic hydroxyl groups excluding tert-OH is 1. The first-order valence-electron chi connectivity index (χ1n) is 5.61. The molecule has 1 aromatic heterocycles. The minimum absolute atomic E-state index is 0.496. The van der Waals surface area contributed by atoms with Gasteiger partial charge in [0.2, 0.25) is 0 Å². The van der Waals surface area contributed by atoms with Crippen molar-refractivity contribution in [2.45, 2.75) is 19.6 Å². The molecule has 0 saturated heterocycles. The van der Waals surface area contributed by atoms with E-state index in [9.17, 15) is 5.11 Å². The van der Waals surface area contributed by atoms with Crippen molar-refractivity contribution in [3.63, 3.8) is 0 Å². The maximum absolute atomic E-state index is 9.90. The number of nitrogens with one attached hydrogen (secondary N) is 1. The van der Waals surface area contributed by atoms with Gasteiger partial charge in [0.15, 0.2) is 0 Å². The predicted octanol–water partition coefficient (Wildman–Crippen LogP) is 1.81. The number of aromatic nitrogens is 1. The fourth-order valence-electron chi connectivity index (χ4n) is 1.63. The summed E-state index contributed by atoms with van der Waals surface area (Å²) in [6.07, 6.45) is -0.496. The first-order chi connectivity index (χ1) is 8.25. The van der Waals surface area contributed by atoms with Gasteiger partial charge in [-0.25, -0.2) is 0 Å². The maximum atomic E-state index is 9.90. The lowest BCUT2D eigenvalue weighted by molar-refractivity contribution is 0.174. The molecule has 1 unspecified atom stereocenters. The summed E-state index contributed by atoms with van der Waals surface area (Å²) in [7, 11) is 0. The van der Waals surface area contributed by atoms with Crippen molar-refractivity contribution in [1.82, 2.24) is 10.5 Å². The Labute approximate surface area is 100 Å². The molecule has 0 spiro atoms. The lowest BCUT2D eigenvalue weighted by Gasteiger charge is -2.11. The van der Waals surface area contributed by atoms with E-state index in [0.29, 0.717) is 13.1 Å². The number of aliphatic hydroxyl groups is 1. The average molecular weight is 232 g/mol. The van der Waals surface area contributed by atoms with Gasteiger partial charge in [0.1, 0.15) is 5.76 Å². The summed E-state index contributed by atoms with van der Waals surface area (Å²) in [5, 5.41) is 16.9. The molecule has 90 valence electrons. The van der Waals surface area contributed by atoms with Gasteiger partial charge in [-0.15, -0.1) is 0 Å². The fraction of sp³-hybridized carbons (Fsp3) is 0.308. The molecule has 4 nitrogen and oxygen atoms in total. The van der Waals surface area contributed by atoms with Gasteiger partial charge in [0.05, 0.1) is 11.8 Å². The SMILES string of the molecule is Cc1cc(CNCC(O)c2ccccc2)no1. The molecule has 2 rings (SSSR count). The summed E-state index contributed by atoms with van der Waals surface area (Å²) in [4.78, 5) is 0. The van der Waals surface area contributed by atoms with E-state index >= 15 is 0 Å². The van der Waals surface area contributed by atoms with Crippen molar-refractivity contribution in [3.8, 4) is 0 Å². The summed E-state index contributed by atoms with van der Waals surface area (Å²) in [6, 6.07) is 11.5. The number of rotatable bonds is 5. The zero-order chi connectivity index (χ0) is 12.1. The van der Waals surface area contributed by atoms with Crippen LogP contribution in [0.1, 0.15) is 23.1 Å². The normalized spacial score (nSPS) is 12.6. The molecule has 17 heavy (non-hydrogen) atoms. The maximum Gasteiger partial charge on any atom is 0.133 e. The molecular formula is C13H16N2O2. The lowest BCUT2D eigenvalue weighted by atomic mass is 10.1. The van der Waals surface area contributed by atoms with Crippen LogP contribution in [0.15, 0.2) is 40.9 Å². The quantitative estimate of drug-likeness (QED) is 0.825. The highest BCUT2D eigenvalue weighted by Gasteiger charge is 2.06. The number of hydrogen-bond donors (Lipinski definition) is 2. The Morgan fingerprint density at radius 3 is 2.76 bits per heavy atom. The second-order valence-corrected chi connectivity index (χ2v) is 3.99. The van der Waals surface area contributed by atoms with Crippen LogP contribution in [-0.4, -0.2) is 16.8 Å². The first kappa shape index (κ1) is 11.8. The molecule has 4 heteroatoms. The van der Waals surface area contributed by atoms with Gasteiger partial charge in [0, 0.05) is 19.2 Å². The predicted molar refractivity (Wildman–Crippen MR) is 64.3 cm³/mol. The Balaban J connectivity index is 1.79. The van der Waals surface area contributed by atoms with Gasteiger partial charge in [-0.2, -0.15) is 0 Å². The largest absolute Gasteiger partial charge is 0.387 e. The summed E-state index contributed by atoms with van der Waals surface area (Å²) in [6.45, 7) is 2.95. The van der Waals surface area contributed by atoms with E-state index in [2.05, 4.69) is 10.5 Å². The van der Waals surface area contributed by atoms with Crippen molar-refractivity contribution in [1.29, 1.82) is 0 Å².